The van der Waals surface area contributed by atoms with Gasteiger partial charge < -0.3 is 10.4 Å². The summed E-state index contributed by atoms with van der Waals surface area (Å²) in [6, 6.07) is 4.51. The van der Waals surface area contributed by atoms with E-state index in [2.05, 4.69) is 16.8 Å². The van der Waals surface area contributed by atoms with Gasteiger partial charge in [-0.05, 0) is 25.0 Å². The van der Waals surface area contributed by atoms with Gasteiger partial charge in [-0.25, -0.2) is 4.39 Å². The molecule has 2 N–H and O–H groups in total. The Hall–Kier alpha value is -1.32. The first-order chi connectivity index (χ1) is 10.2. The predicted octanol–water partition coefficient (Wildman–Crippen LogP) is 3.16. The number of piperazine rings is 1. The molecule has 0 saturated carbocycles. The molecule has 128 valence electrons. The third kappa shape index (κ3) is 5.36. The zero-order chi connectivity index (χ0) is 15.2. The van der Waals surface area contributed by atoms with E-state index in [1.165, 1.54) is 0 Å². The molecule has 1 fully saturated rings. The number of rotatable bonds is 5. The van der Waals surface area contributed by atoms with Crippen molar-refractivity contribution >= 4 is 24.8 Å². The number of aromatic hydroxyl groups is 1. The predicted molar refractivity (Wildman–Crippen MR) is 93.9 cm³/mol. The van der Waals surface area contributed by atoms with E-state index in [1.807, 2.05) is 12.1 Å². The SMILES string of the molecule is C=CCC[C@H](c1cc(C#N)cc(F)c1O)N1CCNCC1.Cl.Cl. The Kier molecular flexibility index (Phi) is 9.85. The molecular formula is C16H22Cl2FN3O. The van der Waals surface area contributed by atoms with Crippen LogP contribution in [0.1, 0.15) is 30.0 Å². The maximum atomic E-state index is 13.8. The number of allylic oxidation sites excluding steroid dienone is 1. The van der Waals surface area contributed by atoms with E-state index >= 15 is 0 Å². The fourth-order valence-electron chi connectivity index (χ4n) is 2.74. The van der Waals surface area contributed by atoms with Crippen LogP contribution in [0.2, 0.25) is 0 Å². The number of benzene rings is 1. The summed E-state index contributed by atoms with van der Waals surface area (Å²) in [6.07, 6.45) is 3.33. The van der Waals surface area contributed by atoms with Gasteiger partial charge >= 0.3 is 0 Å². The standard InChI is InChI=1S/C16H20FN3O.2ClH/c1-2-3-4-15(20-7-5-19-6-8-20)13-9-12(11-18)10-14(17)16(13)21;;/h2,9-10,15,19,21H,1,3-8H2;2*1H/t15-;;/m1../s1. The molecule has 0 spiro atoms. The molecule has 1 atom stereocenters. The number of hydrogen-bond acceptors (Lipinski definition) is 4. The van der Waals surface area contributed by atoms with Crippen LogP contribution in [0.25, 0.3) is 0 Å². The lowest BCUT2D eigenvalue weighted by atomic mass is 9.96. The Morgan fingerprint density at radius 1 is 1.39 bits per heavy atom. The summed E-state index contributed by atoms with van der Waals surface area (Å²) in [6.45, 7) is 7.13. The summed E-state index contributed by atoms with van der Waals surface area (Å²) < 4.78 is 13.8. The van der Waals surface area contributed by atoms with Crippen LogP contribution < -0.4 is 5.32 Å². The van der Waals surface area contributed by atoms with Crippen molar-refractivity contribution in [2.75, 3.05) is 26.2 Å². The minimum absolute atomic E-state index is 0. The van der Waals surface area contributed by atoms with Gasteiger partial charge in [0.25, 0.3) is 0 Å². The van der Waals surface area contributed by atoms with Gasteiger partial charge in [-0.15, -0.1) is 31.4 Å². The topological polar surface area (TPSA) is 59.3 Å². The highest BCUT2D eigenvalue weighted by atomic mass is 35.5. The maximum Gasteiger partial charge on any atom is 0.166 e. The molecule has 1 aromatic rings. The molecule has 1 saturated heterocycles. The summed E-state index contributed by atoms with van der Waals surface area (Å²) in [5, 5.41) is 22.3. The number of hydrogen-bond donors (Lipinski definition) is 2. The molecule has 0 aromatic heterocycles. The smallest absolute Gasteiger partial charge is 0.166 e. The van der Waals surface area contributed by atoms with Crippen LogP contribution in [0.5, 0.6) is 5.75 Å². The molecule has 1 aliphatic heterocycles. The van der Waals surface area contributed by atoms with Crippen LogP contribution in [0.3, 0.4) is 0 Å². The van der Waals surface area contributed by atoms with Crippen molar-refractivity contribution in [3.05, 3.63) is 41.7 Å². The molecular weight excluding hydrogens is 340 g/mol. The van der Waals surface area contributed by atoms with E-state index in [-0.39, 0.29) is 42.2 Å². The molecule has 1 aliphatic rings. The summed E-state index contributed by atoms with van der Waals surface area (Å²) in [4.78, 5) is 2.22. The second kappa shape index (κ2) is 10.5. The fraction of sp³-hybridized carbons (Fsp3) is 0.438. The minimum Gasteiger partial charge on any atom is -0.505 e. The number of nitrogens with one attached hydrogen (secondary N) is 1. The van der Waals surface area contributed by atoms with Gasteiger partial charge in [0.1, 0.15) is 0 Å². The lowest BCUT2D eigenvalue weighted by Crippen LogP contribution is -2.45. The van der Waals surface area contributed by atoms with Crippen LogP contribution in [-0.2, 0) is 0 Å². The van der Waals surface area contributed by atoms with Crippen LogP contribution in [0.15, 0.2) is 24.8 Å². The second-order valence-electron chi connectivity index (χ2n) is 5.18. The van der Waals surface area contributed by atoms with Gasteiger partial charge in [-0.2, -0.15) is 5.26 Å². The average molecular weight is 362 g/mol. The minimum atomic E-state index is -0.734. The Labute approximate surface area is 148 Å². The summed E-state index contributed by atoms with van der Waals surface area (Å²) in [5.74, 6) is -1.08. The van der Waals surface area contributed by atoms with Gasteiger partial charge in [0.15, 0.2) is 11.6 Å². The van der Waals surface area contributed by atoms with Crippen molar-refractivity contribution in [2.45, 2.75) is 18.9 Å². The third-order valence-corrected chi connectivity index (χ3v) is 3.82. The molecule has 23 heavy (non-hydrogen) atoms. The Morgan fingerprint density at radius 3 is 2.61 bits per heavy atom. The highest BCUT2D eigenvalue weighted by Gasteiger charge is 2.25. The van der Waals surface area contributed by atoms with Crippen molar-refractivity contribution in [1.82, 2.24) is 10.2 Å². The zero-order valence-electron chi connectivity index (χ0n) is 12.8. The van der Waals surface area contributed by atoms with Gasteiger partial charge in [-0.1, -0.05) is 6.08 Å². The molecule has 0 radical (unpaired) electrons. The van der Waals surface area contributed by atoms with E-state index in [4.69, 9.17) is 5.26 Å². The molecule has 7 heteroatoms. The van der Waals surface area contributed by atoms with Crippen LogP contribution >= 0.6 is 24.8 Å². The monoisotopic (exact) mass is 361 g/mol. The lowest BCUT2D eigenvalue weighted by Gasteiger charge is -2.35. The van der Waals surface area contributed by atoms with Crippen molar-refractivity contribution < 1.29 is 9.50 Å². The highest BCUT2D eigenvalue weighted by molar-refractivity contribution is 5.85. The first kappa shape index (κ1) is 21.7. The number of phenols is 1. The summed E-state index contributed by atoms with van der Waals surface area (Å²) >= 11 is 0. The van der Waals surface area contributed by atoms with Crippen LogP contribution in [0, 0.1) is 17.1 Å². The number of halogens is 3. The van der Waals surface area contributed by atoms with E-state index in [9.17, 15) is 9.50 Å². The highest BCUT2D eigenvalue weighted by Crippen LogP contribution is 2.35. The van der Waals surface area contributed by atoms with Gasteiger partial charge in [-0.3, -0.25) is 4.90 Å². The van der Waals surface area contributed by atoms with E-state index in [0.717, 1.165) is 45.1 Å². The molecule has 2 rings (SSSR count). The van der Waals surface area contributed by atoms with Crippen molar-refractivity contribution in [2.24, 2.45) is 0 Å². The van der Waals surface area contributed by atoms with E-state index in [0.29, 0.717) is 5.56 Å². The van der Waals surface area contributed by atoms with Crippen LogP contribution in [0.4, 0.5) is 4.39 Å². The molecule has 0 aliphatic carbocycles. The lowest BCUT2D eigenvalue weighted by molar-refractivity contribution is 0.163. The molecule has 1 aromatic carbocycles. The summed E-state index contributed by atoms with van der Waals surface area (Å²) in [5.41, 5.74) is 0.731. The number of nitrogens with zero attached hydrogens (tertiary/aromatic N) is 2. The summed E-state index contributed by atoms with van der Waals surface area (Å²) in [7, 11) is 0. The quantitative estimate of drug-likeness (QED) is 0.790. The first-order valence-electron chi connectivity index (χ1n) is 7.15. The molecule has 0 amide bonds. The molecule has 4 nitrogen and oxygen atoms in total. The van der Waals surface area contributed by atoms with Gasteiger partial charge in [0.2, 0.25) is 0 Å². The Bertz CT molecular complexity index is 557. The average Bonchev–Trinajstić information content (AvgIpc) is 2.52. The maximum absolute atomic E-state index is 13.8. The normalized spacial score (nSPS) is 15.7. The number of nitriles is 1. The van der Waals surface area contributed by atoms with Gasteiger partial charge in [0.05, 0.1) is 11.6 Å². The first-order valence-corrected chi connectivity index (χ1v) is 7.15. The largest absolute Gasteiger partial charge is 0.505 e. The van der Waals surface area contributed by atoms with Crippen molar-refractivity contribution in [3.63, 3.8) is 0 Å². The molecule has 0 unspecified atom stereocenters. The van der Waals surface area contributed by atoms with E-state index < -0.39 is 5.82 Å². The van der Waals surface area contributed by atoms with E-state index in [1.54, 1.807) is 6.07 Å². The second-order valence-corrected chi connectivity index (χ2v) is 5.18. The fourth-order valence-corrected chi connectivity index (χ4v) is 2.74. The van der Waals surface area contributed by atoms with Crippen LogP contribution in [-0.4, -0.2) is 36.2 Å². The Morgan fingerprint density at radius 2 is 2.04 bits per heavy atom. The third-order valence-electron chi connectivity index (χ3n) is 3.82. The molecule has 1 heterocycles. The van der Waals surface area contributed by atoms with Crippen molar-refractivity contribution in [1.29, 1.82) is 5.26 Å². The van der Waals surface area contributed by atoms with Crippen molar-refractivity contribution in [3.8, 4) is 11.8 Å². The van der Waals surface area contributed by atoms with Gasteiger partial charge in [0, 0.05) is 37.8 Å². The Balaban J connectivity index is 0.00000242. The number of phenolic OH excluding ortho intramolecular Hbond substituents is 1. The zero-order valence-corrected chi connectivity index (χ0v) is 14.4. The molecule has 0 bridgehead atoms.